The number of hydrogen-bond donors (Lipinski definition) is 2. The molecule has 6 heteroatoms. The fourth-order valence-electron chi connectivity index (χ4n) is 2.43. The molecule has 24 heavy (non-hydrogen) atoms. The number of aliphatic hydroxyl groups excluding tert-OH is 1. The number of aromatic nitrogens is 1. The quantitative estimate of drug-likeness (QED) is 0.762. The molecule has 1 aromatic carbocycles. The highest BCUT2D eigenvalue weighted by Gasteiger charge is 2.18. The van der Waals surface area contributed by atoms with Crippen molar-refractivity contribution in [3.63, 3.8) is 0 Å². The number of carbonyl (C=O) groups is 1. The molecule has 0 bridgehead atoms. The molecule has 0 atom stereocenters. The average molecular weight is 330 g/mol. The first-order valence-electron chi connectivity index (χ1n) is 7.95. The zero-order valence-corrected chi connectivity index (χ0v) is 13.2. The number of ketones is 1. The molecular formula is C18H19FN2O3. The maximum atomic E-state index is 14.2. The molecule has 1 aliphatic rings. The molecule has 0 spiro atoms. The molecule has 0 radical (unpaired) electrons. The predicted octanol–water partition coefficient (Wildman–Crippen LogP) is 2.19. The molecule has 1 aromatic heterocycles. The number of nitrogens with zero attached hydrogens (tertiary/aromatic N) is 1. The average Bonchev–Trinajstić information content (AvgIpc) is 2.56. The normalized spacial score (nSPS) is 14.2. The molecular weight excluding hydrogens is 311 g/mol. The Bertz CT molecular complexity index is 715. The molecule has 2 heterocycles. The van der Waals surface area contributed by atoms with Gasteiger partial charge in [0.1, 0.15) is 17.7 Å². The van der Waals surface area contributed by atoms with E-state index in [2.05, 4.69) is 10.3 Å². The van der Waals surface area contributed by atoms with Gasteiger partial charge in [0.25, 0.3) is 0 Å². The molecule has 3 rings (SSSR count). The van der Waals surface area contributed by atoms with Crippen molar-refractivity contribution in [2.24, 2.45) is 0 Å². The summed E-state index contributed by atoms with van der Waals surface area (Å²) >= 11 is 0. The minimum absolute atomic E-state index is 0.0460. The minimum atomic E-state index is -0.571. The summed E-state index contributed by atoms with van der Waals surface area (Å²) in [6.45, 7) is 1.58. The molecule has 0 unspecified atom stereocenters. The zero-order valence-electron chi connectivity index (χ0n) is 13.2. The third kappa shape index (κ3) is 3.77. The molecule has 2 aromatic rings. The van der Waals surface area contributed by atoms with Crippen LogP contribution in [0.2, 0.25) is 0 Å². The van der Waals surface area contributed by atoms with E-state index in [-0.39, 0.29) is 30.5 Å². The van der Waals surface area contributed by atoms with Crippen LogP contribution in [0.3, 0.4) is 0 Å². The second-order valence-electron chi connectivity index (χ2n) is 5.72. The Morgan fingerprint density at radius 3 is 2.75 bits per heavy atom. The van der Waals surface area contributed by atoms with Crippen LogP contribution in [-0.4, -0.2) is 41.7 Å². The van der Waals surface area contributed by atoms with Crippen LogP contribution < -0.4 is 10.1 Å². The van der Waals surface area contributed by atoms with Crippen LogP contribution in [-0.2, 0) is 0 Å². The standard InChI is InChI=1S/C18H19FN2O3/c19-16-8-12(3-5-15(16)18(23)2-1-7-22)17-6-4-13(11-21-17)24-14-9-20-10-14/h3-6,8,11,14,20,22H,1-2,7,9-10H2. The summed E-state index contributed by atoms with van der Waals surface area (Å²) in [4.78, 5) is 16.2. The van der Waals surface area contributed by atoms with Gasteiger partial charge in [-0.2, -0.15) is 0 Å². The fraction of sp³-hybridized carbons (Fsp3) is 0.333. The van der Waals surface area contributed by atoms with Gasteiger partial charge in [-0.05, 0) is 30.7 Å². The van der Waals surface area contributed by atoms with E-state index in [1.54, 1.807) is 24.4 Å². The van der Waals surface area contributed by atoms with Crippen LogP contribution in [0.1, 0.15) is 23.2 Å². The first-order valence-corrected chi connectivity index (χ1v) is 7.95. The number of ether oxygens (including phenoxy) is 1. The van der Waals surface area contributed by atoms with Gasteiger partial charge in [0.15, 0.2) is 5.78 Å². The SMILES string of the molecule is O=C(CCCO)c1ccc(-c2ccc(OC3CNC3)cn2)cc1F. The zero-order chi connectivity index (χ0) is 16.9. The number of carbonyl (C=O) groups excluding carboxylic acids is 1. The van der Waals surface area contributed by atoms with Crippen molar-refractivity contribution in [3.05, 3.63) is 47.9 Å². The van der Waals surface area contributed by atoms with Gasteiger partial charge >= 0.3 is 0 Å². The predicted molar refractivity (Wildman–Crippen MR) is 87.6 cm³/mol. The number of nitrogens with one attached hydrogen (secondary N) is 1. The van der Waals surface area contributed by atoms with Gasteiger partial charge in [0.2, 0.25) is 0 Å². The summed E-state index contributed by atoms with van der Waals surface area (Å²) < 4.78 is 19.9. The number of benzene rings is 1. The number of halogens is 1. The lowest BCUT2D eigenvalue weighted by molar-refractivity contribution is 0.0967. The van der Waals surface area contributed by atoms with Crippen molar-refractivity contribution in [1.29, 1.82) is 0 Å². The lowest BCUT2D eigenvalue weighted by Gasteiger charge is -2.27. The van der Waals surface area contributed by atoms with Crippen LogP contribution in [0.25, 0.3) is 11.3 Å². The van der Waals surface area contributed by atoms with E-state index in [9.17, 15) is 9.18 Å². The van der Waals surface area contributed by atoms with Crippen LogP contribution in [0.4, 0.5) is 4.39 Å². The second kappa shape index (κ2) is 7.51. The summed E-state index contributed by atoms with van der Waals surface area (Å²) in [5.41, 5.74) is 1.26. The Kier molecular flexibility index (Phi) is 5.17. The maximum Gasteiger partial charge on any atom is 0.165 e. The molecule has 1 aliphatic heterocycles. The first kappa shape index (κ1) is 16.5. The first-order chi connectivity index (χ1) is 11.7. The number of aliphatic hydroxyl groups is 1. The van der Waals surface area contributed by atoms with Crippen molar-refractivity contribution < 1.29 is 19.0 Å². The highest BCUT2D eigenvalue weighted by Crippen LogP contribution is 2.23. The van der Waals surface area contributed by atoms with Gasteiger partial charge in [-0.3, -0.25) is 9.78 Å². The molecule has 5 nitrogen and oxygen atoms in total. The highest BCUT2D eigenvalue weighted by atomic mass is 19.1. The topological polar surface area (TPSA) is 71.5 Å². The minimum Gasteiger partial charge on any atom is -0.486 e. The second-order valence-corrected chi connectivity index (χ2v) is 5.72. The Morgan fingerprint density at radius 1 is 1.33 bits per heavy atom. The largest absolute Gasteiger partial charge is 0.486 e. The van der Waals surface area contributed by atoms with Gasteiger partial charge in [-0.15, -0.1) is 0 Å². The van der Waals surface area contributed by atoms with E-state index in [4.69, 9.17) is 9.84 Å². The molecule has 0 saturated carbocycles. The van der Waals surface area contributed by atoms with Gasteiger partial charge in [0, 0.05) is 31.7 Å². The van der Waals surface area contributed by atoms with E-state index < -0.39 is 5.82 Å². The molecule has 1 fully saturated rings. The number of Topliss-reactive ketones (excluding diaryl/α,β-unsaturated/α-hetero) is 1. The van der Waals surface area contributed by atoms with E-state index >= 15 is 0 Å². The number of hydrogen-bond acceptors (Lipinski definition) is 5. The Hall–Kier alpha value is -2.31. The van der Waals surface area contributed by atoms with Gasteiger partial charge < -0.3 is 15.2 Å². The van der Waals surface area contributed by atoms with E-state index in [1.807, 2.05) is 0 Å². The van der Waals surface area contributed by atoms with Crippen LogP contribution in [0.15, 0.2) is 36.5 Å². The van der Waals surface area contributed by atoms with Crippen LogP contribution >= 0.6 is 0 Å². The fourth-order valence-corrected chi connectivity index (χ4v) is 2.43. The third-order valence-corrected chi connectivity index (χ3v) is 3.91. The maximum absolute atomic E-state index is 14.2. The molecule has 2 N–H and O–H groups in total. The van der Waals surface area contributed by atoms with Crippen molar-refractivity contribution in [2.45, 2.75) is 18.9 Å². The molecule has 1 saturated heterocycles. The van der Waals surface area contributed by atoms with Gasteiger partial charge in [0.05, 0.1) is 17.5 Å². The summed E-state index contributed by atoms with van der Waals surface area (Å²) in [5, 5.41) is 11.9. The number of pyridine rings is 1. The summed E-state index contributed by atoms with van der Waals surface area (Å²) in [6, 6.07) is 8.03. The van der Waals surface area contributed by atoms with Crippen LogP contribution in [0, 0.1) is 5.82 Å². The lowest BCUT2D eigenvalue weighted by Crippen LogP contribution is -2.50. The van der Waals surface area contributed by atoms with Crippen LogP contribution in [0.5, 0.6) is 5.75 Å². The lowest BCUT2D eigenvalue weighted by atomic mass is 10.0. The summed E-state index contributed by atoms with van der Waals surface area (Å²) in [7, 11) is 0. The van der Waals surface area contributed by atoms with Crippen molar-refractivity contribution in [3.8, 4) is 17.0 Å². The molecule has 0 amide bonds. The Labute approximate surface area is 139 Å². The van der Waals surface area contributed by atoms with E-state index in [0.29, 0.717) is 23.4 Å². The summed E-state index contributed by atoms with van der Waals surface area (Å²) in [6.07, 6.45) is 2.26. The van der Waals surface area contributed by atoms with E-state index in [0.717, 1.165) is 13.1 Å². The number of rotatable bonds is 7. The Balaban J connectivity index is 1.72. The van der Waals surface area contributed by atoms with Gasteiger partial charge in [-0.25, -0.2) is 4.39 Å². The third-order valence-electron chi connectivity index (χ3n) is 3.91. The molecule has 126 valence electrons. The monoisotopic (exact) mass is 330 g/mol. The van der Waals surface area contributed by atoms with Crippen molar-refractivity contribution >= 4 is 5.78 Å². The molecule has 0 aliphatic carbocycles. The Morgan fingerprint density at radius 2 is 2.17 bits per heavy atom. The highest BCUT2D eigenvalue weighted by molar-refractivity contribution is 5.96. The summed E-state index contributed by atoms with van der Waals surface area (Å²) in [5.74, 6) is -0.196. The van der Waals surface area contributed by atoms with E-state index in [1.165, 1.54) is 12.1 Å². The van der Waals surface area contributed by atoms with Gasteiger partial charge in [-0.1, -0.05) is 6.07 Å². The smallest absolute Gasteiger partial charge is 0.165 e. The van der Waals surface area contributed by atoms with Crippen molar-refractivity contribution in [2.75, 3.05) is 19.7 Å². The van der Waals surface area contributed by atoms with Crippen molar-refractivity contribution in [1.82, 2.24) is 10.3 Å².